The Kier molecular flexibility index (Phi) is 8.63. The van der Waals surface area contributed by atoms with Crippen LogP contribution in [0.5, 0.6) is 11.5 Å². The van der Waals surface area contributed by atoms with Crippen LogP contribution in [0, 0.1) is 0 Å². The zero-order valence-corrected chi connectivity index (χ0v) is 23.0. The summed E-state index contributed by atoms with van der Waals surface area (Å²) in [6.45, 7) is 2.56. The standard InChI is InChI=1S/C28H32ClN7O4/c1-39-24-14-22-23(15-25(24)40-10-4-9-35-8-3-7-21(35)16-37)31-17-32-28(22)36(20-6-2-5-18(29)11-20)27-13-19(33-34-27)12-26(30)38/h2,5-6,11,13-15,17,21,37H,3-4,7-10,12,16H2,1H3,(H2,30,38)(H,33,34)/t21-/m0/s1. The van der Waals surface area contributed by atoms with Crippen LogP contribution in [0.3, 0.4) is 0 Å². The van der Waals surface area contributed by atoms with Gasteiger partial charge in [-0.05, 0) is 50.1 Å². The highest BCUT2D eigenvalue weighted by Gasteiger charge is 2.24. The number of fused-ring (bicyclic) bond motifs is 1. The average Bonchev–Trinajstić information content (AvgIpc) is 3.60. The molecule has 1 aliphatic heterocycles. The number of hydrogen-bond acceptors (Lipinski definition) is 9. The normalized spacial score (nSPS) is 15.4. The van der Waals surface area contributed by atoms with Crippen molar-refractivity contribution in [1.82, 2.24) is 25.1 Å². The minimum atomic E-state index is -0.470. The predicted octanol–water partition coefficient (Wildman–Crippen LogP) is 3.74. The van der Waals surface area contributed by atoms with Gasteiger partial charge in [-0.2, -0.15) is 5.10 Å². The number of primary amides is 1. The number of aromatic amines is 1. The van der Waals surface area contributed by atoms with Gasteiger partial charge in [0.2, 0.25) is 5.91 Å². The Balaban J connectivity index is 1.46. The lowest BCUT2D eigenvalue weighted by Gasteiger charge is -2.23. The molecule has 0 spiro atoms. The van der Waals surface area contributed by atoms with Gasteiger partial charge in [0.25, 0.3) is 0 Å². The Hall–Kier alpha value is -3.93. The highest BCUT2D eigenvalue weighted by molar-refractivity contribution is 6.30. The van der Waals surface area contributed by atoms with Gasteiger partial charge in [0.1, 0.15) is 12.1 Å². The lowest BCUT2D eigenvalue weighted by atomic mass is 10.1. The van der Waals surface area contributed by atoms with Crippen LogP contribution >= 0.6 is 11.6 Å². The fourth-order valence-electron chi connectivity index (χ4n) is 5.07. The number of nitrogens with two attached hydrogens (primary N) is 1. The van der Waals surface area contributed by atoms with E-state index in [-0.39, 0.29) is 19.1 Å². The van der Waals surface area contributed by atoms with E-state index >= 15 is 0 Å². The third-order valence-electron chi connectivity index (χ3n) is 6.95. The van der Waals surface area contributed by atoms with Crippen molar-refractivity contribution in [2.75, 3.05) is 38.3 Å². The molecule has 3 heterocycles. The van der Waals surface area contributed by atoms with Gasteiger partial charge in [-0.1, -0.05) is 17.7 Å². The van der Waals surface area contributed by atoms with Crippen LogP contribution in [0.25, 0.3) is 10.9 Å². The monoisotopic (exact) mass is 565 g/mol. The summed E-state index contributed by atoms with van der Waals surface area (Å²) in [5.74, 6) is 1.69. The number of anilines is 3. The lowest BCUT2D eigenvalue weighted by molar-refractivity contribution is -0.117. The smallest absolute Gasteiger partial charge is 0.223 e. The number of aliphatic hydroxyl groups is 1. The van der Waals surface area contributed by atoms with Crippen LogP contribution < -0.4 is 20.1 Å². The van der Waals surface area contributed by atoms with Crippen molar-refractivity contribution in [3.63, 3.8) is 0 Å². The van der Waals surface area contributed by atoms with E-state index in [4.69, 9.17) is 26.8 Å². The summed E-state index contributed by atoms with van der Waals surface area (Å²) >= 11 is 6.34. The first-order chi connectivity index (χ1) is 19.5. The summed E-state index contributed by atoms with van der Waals surface area (Å²) in [5, 5.41) is 18.1. The van der Waals surface area contributed by atoms with E-state index in [0.29, 0.717) is 57.0 Å². The molecule has 5 rings (SSSR count). The van der Waals surface area contributed by atoms with Crippen molar-refractivity contribution in [2.24, 2.45) is 5.73 Å². The van der Waals surface area contributed by atoms with E-state index in [1.54, 1.807) is 25.3 Å². The van der Waals surface area contributed by atoms with Crippen LogP contribution in [0.15, 0.2) is 48.8 Å². The summed E-state index contributed by atoms with van der Waals surface area (Å²) in [6.07, 6.45) is 4.47. The number of methoxy groups -OCH3 is 1. The zero-order chi connectivity index (χ0) is 28.1. The zero-order valence-electron chi connectivity index (χ0n) is 22.2. The molecule has 2 aromatic carbocycles. The Morgan fingerprint density at radius 2 is 2.12 bits per heavy atom. The Morgan fingerprint density at radius 1 is 1.25 bits per heavy atom. The average molecular weight is 566 g/mol. The molecule has 2 aromatic heterocycles. The molecule has 0 saturated carbocycles. The second-order valence-corrected chi connectivity index (χ2v) is 10.1. The SMILES string of the molecule is COc1cc2c(N(c3cccc(Cl)c3)c3cc(CC(N)=O)[nH]n3)ncnc2cc1OCCCN1CCC[C@H]1CO. The van der Waals surface area contributed by atoms with E-state index < -0.39 is 5.91 Å². The number of nitrogens with one attached hydrogen (secondary N) is 1. The molecule has 0 unspecified atom stereocenters. The minimum absolute atomic E-state index is 0.0217. The first-order valence-electron chi connectivity index (χ1n) is 13.2. The lowest BCUT2D eigenvalue weighted by Crippen LogP contribution is -2.33. The van der Waals surface area contributed by atoms with Gasteiger partial charge in [0.15, 0.2) is 17.3 Å². The third-order valence-corrected chi connectivity index (χ3v) is 7.18. The molecule has 12 heteroatoms. The molecule has 4 aromatic rings. The number of carbonyl (C=O) groups excluding carboxylic acids is 1. The number of halogens is 1. The number of rotatable bonds is 12. The Labute approximate surface area is 236 Å². The van der Waals surface area contributed by atoms with Crippen molar-refractivity contribution in [1.29, 1.82) is 0 Å². The number of hydrogen-bond donors (Lipinski definition) is 3. The van der Waals surface area contributed by atoms with Crippen molar-refractivity contribution >= 4 is 45.7 Å². The first kappa shape index (κ1) is 27.6. The minimum Gasteiger partial charge on any atom is -0.493 e. The number of likely N-dealkylation sites (tertiary alicyclic amines) is 1. The third kappa shape index (κ3) is 6.11. The second-order valence-electron chi connectivity index (χ2n) is 9.64. The second kappa shape index (κ2) is 12.5. The number of carbonyl (C=O) groups is 1. The molecule has 1 fully saturated rings. The molecule has 210 valence electrons. The maximum atomic E-state index is 11.5. The fourth-order valence-corrected chi connectivity index (χ4v) is 5.25. The quantitative estimate of drug-likeness (QED) is 0.219. The summed E-state index contributed by atoms with van der Waals surface area (Å²) in [4.78, 5) is 24.7. The van der Waals surface area contributed by atoms with Crippen LogP contribution in [0.2, 0.25) is 5.02 Å². The van der Waals surface area contributed by atoms with Crippen LogP contribution in [0.4, 0.5) is 17.3 Å². The number of benzene rings is 2. The van der Waals surface area contributed by atoms with E-state index in [2.05, 4.69) is 25.1 Å². The number of ether oxygens (including phenoxy) is 2. The molecular weight excluding hydrogens is 534 g/mol. The van der Waals surface area contributed by atoms with Gasteiger partial charge in [-0.25, -0.2) is 9.97 Å². The molecule has 0 aliphatic carbocycles. The van der Waals surface area contributed by atoms with Crippen LogP contribution in [-0.2, 0) is 11.2 Å². The van der Waals surface area contributed by atoms with Crippen LogP contribution in [-0.4, -0.2) is 75.5 Å². The molecule has 1 saturated heterocycles. The molecule has 40 heavy (non-hydrogen) atoms. The molecular formula is C28H32ClN7O4. The Bertz CT molecular complexity index is 1480. The number of aromatic nitrogens is 4. The molecule has 0 bridgehead atoms. The number of amides is 1. The summed E-state index contributed by atoms with van der Waals surface area (Å²) in [5.41, 5.74) is 7.32. The number of H-pyrrole nitrogens is 1. The highest BCUT2D eigenvalue weighted by atomic mass is 35.5. The van der Waals surface area contributed by atoms with Gasteiger partial charge in [-0.15, -0.1) is 0 Å². The molecule has 11 nitrogen and oxygen atoms in total. The van der Waals surface area contributed by atoms with Gasteiger partial charge < -0.3 is 20.3 Å². The van der Waals surface area contributed by atoms with Gasteiger partial charge in [0.05, 0.1) is 37.9 Å². The van der Waals surface area contributed by atoms with Crippen molar-refractivity contribution in [3.8, 4) is 11.5 Å². The van der Waals surface area contributed by atoms with Crippen LogP contribution in [0.1, 0.15) is 25.0 Å². The van der Waals surface area contributed by atoms with Crippen molar-refractivity contribution in [3.05, 3.63) is 59.5 Å². The van der Waals surface area contributed by atoms with E-state index in [0.717, 1.165) is 32.4 Å². The highest BCUT2D eigenvalue weighted by Crippen LogP contribution is 2.40. The van der Waals surface area contributed by atoms with E-state index in [1.165, 1.54) is 6.33 Å². The Morgan fingerprint density at radius 3 is 2.90 bits per heavy atom. The van der Waals surface area contributed by atoms with E-state index in [9.17, 15) is 9.90 Å². The molecule has 1 amide bonds. The number of aliphatic hydroxyl groups excluding tert-OH is 1. The van der Waals surface area contributed by atoms with Crippen molar-refractivity contribution in [2.45, 2.75) is 31.7 Å². The molecule has 4 N–H and O–H groups in total. The first-order valence-corrected chi connectivity index (χ1v) is 13.5. The number of nitrogens with zero attached hydrogens (tertiary/aromatic N) is 5. The van der Waals surface area contributed by atoms with Crippen molar-refractivity contribution < 1.29 is 19.4 Å². The predicted molar refractivity (Wildman–Crippen MR) is 153 cm³/mol. The fraction of sp³-hybridized carbons (Fsp3) is 0.357. The molecule has 1 atom stereocenters. The summed E-state index contributed by atoms with van der Waals surface area (Å²) in [7, 11) is 1.59. The summed E-state index contributed by atoms with van der Waals surface area (Å²) in [6, 6.07) is 13.0. The van der Waals surface area contributed by atoms with Gasteiger partial charge >= 0.3 is 0 Å². The molecule has 0 radical (unpaired) electrons. The van der Waals surface area contributed by atoms with Gasteiger partial charge in [-0.3, -0.25) is 19.7 Å². The maximum absolute atomic E-state index is 11.5. The topological polar surface area (TPSA) is 143 Å². The largest absolute Gasteiger partial charge is 0.493 e. The van der Waals surface area contributed by atoms with E-state index in [1.807, 2.05) is 29.2 Å². The maximum Gasteiger partial charge on any atom is 0.223 e. The van der Waals surface area contributed by atoms with Gasteiger partial charge in [0, 0.05) is 40.8 Å². The molecule has 1 aliphatic rings. The summed E-state index contributed by atoms with van der Waals surface area (Å²) < 4.78 is 11.8.